The largest absolute Gasteiger partial charge is 0.458 e. The molecular weight excluding hydrogens is 464 g/mol. The maximum atomic E-state index is 12.8. The number of carbonyl (C=O) groups is 2. The molecule has 0 bridgehead atoms. The van der Waals surface area contributed by atoms with Gasteiger partial charge in [-0.25, -0.2) is 14.6 Å². The van der Waals surface area contributed by atoms with Crippen LogP contribution < -0.4 is 10.6 Å². The molecule has 1 aromatic heterocycles. The number of anilines is 2. The summed E-state index contributed by atoms with van der Waals surface area (Å²) in [7, 11) is 0. The monoisotopic (exact) mass is 492 g/mol. The van der Waals surface area contributed by atoms with Gasteiger partial charge in [0.25, 0.3) is 0 Å². The minimum atomic E-state index is -0.983. The van der Waals surface area contributed by atoms with E-state index in [1.165, 1.54) is 18.3 Å². The summed E-state index contributed by atoms with van der Waals surface area (Å²) in [4.78, 5) is 39.9. The fourth-order valence-electron chi connectivity index (χ4n) is 3.21. The van der Waals surface area contributed by atoms with Crippen LogP contribution in [0.3, 0.4) is 0 Å². The zero-order chi connectivity index (χ0) is 26.1. The molecule has 10 nitrogen and oxygen atoms in total. The van der Waals surface area contributed by atoms with Gasteiger partial charge in [-0.1, -0.05) is 42.5 Å². The van der Waals surface area contributed by atoms with Crippen LogP contribution in [0.4, 0.5) is 22.0 Å². The van der Waals surface area contributed by atoms with Crippen molar-refractivity contribution in [2.75, 3.05) is 5.32 Å². The van der Waals surface area contributed by atoms with Crippen molar-refractivity contribution in [3.05, 3.63) is 94.2 Å². The van der Waals surface area contributed by atoms with Gasteiger partial charge < -0.3 is 20.1 Å². The molecule has 0 fully saturated rings. The van der Waals surface area contributed by atoms with Crippen LogP contribution in [0.15, 0.2) is 72.9 Å². The summed E-state index contributed by atoms with van der Waals surface area (Å²) >= 11 is 0. The lowest BCUT2D eigenvalue weighted by molar-refractivity contribution is -0.384. The molecule has 1 amide bonds. The topological polar surface area (TPSA) is 133 Å². The van der Waals surface area contributed by atoms with Crippen LogP contribution in [0, 0.1) is 10.1 Å². The number of benzene rings is 2. The van der Waals surface area contributed by atoms with Gasteiger partial charge in [0.05, 0.1) is 4.92 Å². The van der Waals surface area contributed by atoms with E-state index in [4.69, 9.17) is 9.47 Å². The molecule has 3 rings (SSSR count). The molecule has 2 N–H and O–H groups in total. The van der Waals surface area contributed by atoms with Gasteiger partial charge in [-0.05, 0) is 50.1 Å². The number of esters is 1. The van der Waals surface area contributed by atoms with Gasteiger partial charge in [0.15, 0.2) is 0 Å². The van der Waals surface area contributed by atoms with E-state index in [2.05, 4.69) is 15.6 Å². The third kappa shape index (κ3) is 8.08. The molecule has 0 aliphatic carbocycles. The van der Waals surface area contributed by atoms with Crippen LogP contribution in [0.2, 0.25) is 0 Å². The van der Waals surface area contributed by atoms with Crippen LogP contribution in [-0.2, 0) is 27.3 Å². The molecule has 1 heterocycles. The molecular formula is C26H28N4O6. The van der Waals surface area contributed by atoms with Crippen molar-refractivity contribution in [2.24, 2.45) is 0 Å². The number of hydrogen-bond donors (Lipinski definition) is 2. The van der Waals surface area contributed by atoms with E-state index in [-0.39, 0.29) is 24.5 Å². The number of ether oxygens (including phenoxy) is 2. The van der Waals surface area contributed by atoms with Gasteiger partial charge in [0, 0.05) is 24.4 Å². The van der Waals surface area contributed by atoms with Gasteiger partial charge in [-0.2, -0.15) is 0 Å². The lowest BCUT2D eigenvalue weighted by Gasteiger charge is -2.24. The Morgan fingerprint density at radius 1 is 1.00 bits per heavy atom. The quantitative estimate of drug-likeness (QED) is 0.244. The normalized spacial score (nSPS) is 11.8. The molecule has 0 radical (unpaired) electrons. The second-order valence-corrected chi connectivity index (χ2v) is 8.95. The van der Waals surface area contributed by atoms with E-state index < -0.39 is 28.6 Å². The van der Waals surface area contributed by atoms with Crippen molar-refractivity contribution in [3.63, 3.8) is 0 Å². The Morgan fingerprint density at radius 2 is 1.69 bits per heavy atom. The van der Waals surface area contributed by atoms with Crippen molar-refractivity contribution in [1.82, 2.24) is 10.3 Å². The Morgan fingerprint density at radius 3 is 2.33 bits per heavy atom. The SMILES string of the molecule is CC(C)(C)OC(=O)C(Cc1ccc(Nc2ncccc2[N+](=O)[O-])cc1)NC(=O)OCc1ccccc1. The summed E-state index contributed by atoms with van der Waals surface area (Å²) in [6.45, 7) is 5.29. The molecule has 0 spiro atoms. The Kier molecular flexibility index (Phi) is 8.56. The number of rotatable bonds is 9. The highest BCUT2D eigenvalue weighted by atomic mass is 16.6. The van der Waals surface area contributed by atoms with E-state index in [9.17, 15) is 19.7 Å². The Labute approximate surface area is 208 Å². The maximum absolute atomic E-state index is 12.8. The van der Waals surface area contributed by atoms with E-state index in [0.29, 0.717) is 5.69 Å². The summed E-state index contributed by atoms with van der Waals surface area (Å²) in [5.74, 6) is -0.477. The third-order valence-corrected chi connectivity index (χ3v) is 4.84. The Bertz CT molecular complexity index is 1190. The zero-order valence-electron chi connectivity index (χ0n) is 20.3. The molecule has 3 aromatic rings. The van der Waals surface area contributed by atoms with E-state index in [1.54, 1.807) is 45.0 Å². The second-order valence-electron chi connectivity index (χ2n) is 8.95. The number of amides is 1. The highest BCUT2D eigenvalue weighted by Gasteiger charge is 2.27. The van der Waals surface area contributed by atoms with Crippen molar-refractivity contribution >= 4 is 29.3 Å². The first-order valence-corrected chi connectivity index (χ1v) is 11.3. The average Bonchev–Trinajstić information content (AvgIpc) is 2.83. The fraction of sp³-hybridized carbons (Fsp3) is 0.269. The van der Waals surface area contributed by atoms with Gasteiger partial charge in [-0.15, -0.1) is 0 Å². The molecule has 36 heavy (non-hydrogen) atoms. The number of nitrogens with one attached hydrogen (secondary N) is 2. The van der Waals surface area contributed by atoms with E-state index >= 15 is 0 Å². The summed E-state index contributed by atoms with van der Waals surface area (Å²) in [6.07, 6.45) is 0.868. The molecule has 188 valence electrons. The summed E-state index contributed by atoms with van der Waals surface area (Å²) in [6, 6.07) is 17.9. The first kappa shape index (κ1) is 26.1. The molecule has 0 saturated heterocycles. The van der Waals surface area contributed by atoms with Crippen molar-refractivity contribution < 1.29 is 24.0 Å². The first-order chi connectivity index (χ1) is 17.1. The number of pyridine rings is 1. The first-order valence-electron chi connectivity index (χ1n) is 11.3. The summed E-state index contributed by atoms with van der Waals surface area (Å²) in [5.41, 5.74) is 1.23. The van der Waals surface area contributed by atoms with Gasteiger partial charge >= 0.3 is 17.7 Å². The number of nitro groups is 1. The highest BCUT2D eigenvalue weighted by molar-refractivity contribution is 5.82. The second kappa shape index (κ2) is 11.8. The lowest BCUT2D eigenvalue weighted by Crippen LogP contribution is -2.45. The van der Waals surface area contributed by atoms with Crippen LogP contribution in [-0.4, -0.2) is 33.6 Å². The smallest absolute Gasteiger partial charge is 0.408 e. The van der Waals surface area contributed by atoms with E-state index in [0.717, 1.165) is 11.1 Å². The third-order valence-electron chi connectivity index (χ3n) is 4.84. The number of alkyl carbamates (subject to hydrolysis) is 1. The maximum Gasteiger partial charge on any atom is 0.408 e. The molecule has 2 aromatic carbocycles. The zero-order valence-corrected chi connectivity index (χ0v) is 20.3. The summed E-state index contributed by atoms with van der Waals surface area (Å²) in [5, 5.41) is 16.7. The Balaban J connectivity index is 1.68. The summed E-state index contributed by atoms with van der Waals surface area (Å²) < 4.78 is 10.7. The van der Waals surface area contributed by atoms with Crippen LogP contribution in [0.25, 0.3) is 0 Å². The van der Waals surface area contributed by atoms with Crippen LogP contribution in [0.5, 0.6) is 0 Å². The Hall–Kier alpha value is -4.47. The fourth-order valence-corrected chi connectivity index (χ4v) is 3.21. The molecule has 0 aliphatic heterocycles. The van der Waals surface area contributed by atoms with Gasteiger partial charge in [0.1, 0.15) is 18.2 Å². The molecule has 10 heteroatoms. The molecule has 0 aliphatic rings. The lowest BCUT2D eigenvalue weighted by atomic mass is 10.0. The predicted octanol–water partition coefficient (Wildman–Crippen LogP) is 4.91. The molecule has 1 unspecified atom stereocenters. The predicted molar refractivity (Wildman–Crippen MR) is 134 cm³/mol. The van der Waals surface area contributed by atoms with Crippen molar-refractivity contribution in [2.45, 2.75) is 45.4 Å². The van der Waals surface area contributed by atoms with Gasteiger partial charge in [-0.3, -0.25) is 10.1 Å². The molecule has 1 atom stereocenters. The highest BCUT2D eigenvalue weighted by Crippen LogP contribution is 2.25. The van der Waals surface area contributed by atoms with Crippen LogP contribution in [0.1, 0.15) is 31.9 Å². The average molecular weight is 493 g/mol. The van der Waals surface area contributed by atoms with E-state index in [1.807, 2.05) is 30.3 Å². The van der Waals surface area contributed by atoms with Crippen LogP contribution >= 0.6 is 0 Å². The van der Waals surface area contributed by atoms with Crippen molar-refractivity contribution in [3.8, 4) is 0 Å². The number of hydrogen-bond acceptors (Lipinski definition) is 8. The number of aromatic nitrogens is 1. The molecule has 0 saturated carbocycles. The number of nitrogens with zero attached hydrogens (tertiary/aromatic N) is 2. The number of carbonyl (C=O) groups excluding carboxylic acids is 2. The standard InChI is InChI=1S/C26H28N4O6/c1-26(2,3)36-24(31)21(29-25(32)35-17-19-8-5-4-6-9-19)16-18-11-13-20(14-12-18)28-23-22(30(33)34)10-7-15-27-23/h4-15,21H,16-17H2,1-3H3,(H,27,28)(H,29,32). The minimum absolute atomic E-state index is 0.0632. The van der Waals surface area contributed by atoms with Gasteiger partial charge in [0.2, 0.25) is 5.82 Å². The minimum Gasteiger partial charge on any atom is -0.458 e. The van der Waals surface area contributed by atoms with Crippen molar-refractivity contribution in [1.29, 1.82) is 0 Å².